The fraction of sp³-hybridized carbons (Fsp3) is 0.357. The van der Waals surface area contributed by atoms with Crippen LogP contribution in [-0.4, -0.2) is 43.9 Å². The molecule has 0 aliphatic carbocycles. The van der Waals surface area contributed by atoms with Gasteiger partial charge < -0.3 is 4.90 Å². The summed E-state index contributed by atoms with van der Waals surface area (Å²) in [5, 5.41) is 0. The molecule has 0 radical (unpaired) electrons. The Hall–Kier alpha value is -1.44. The molecule has 7 heteroatoms. The topological polar surface area (TPSA) is 98.5 Å². The van der Waals surface area contributed by atoms with Gasteiger partial charge in [-0.05, 0) is 12.5 Å². The van der Waals surface area contributed by atoms with Crippen molar-refractivity contribution in [3.8, 4) is 0 Å². The third-order valence-corrected chi connectivity index (χ3v) is 2.15. The quantitative estimate of drug-likeness (QED) is 0.453. The van der Waals surface area contributed by atoms with Crippen molar-refractivity contribution in [3.63, 3.8) is 0 Å². The summed E-state index contributed by atoms with van der Waals surface area (Å²) in [6.07, 6.45) is 4.27. The highest BCUT2D eigenvalue weighted by Gasteiger charge is 2.03. The van der Waals surface area contributed by atoms with E-state index in [2.05, 4.69) is 53.1 Å². The van der Waals surface area contributed by atoms with Gasteiger partial charge in [0.15, 0.2) is 6.21 Å². The summed E-state index contributed by atoms with van der Waals surface area (Å²) in [6.45, 7) is 2.12. The monoisotopic (exact) mass is 316 g/mol. The van der Waals surface area contributed by atoms with Gasteiger partial charge in [-0.25, -0.2) is 23.2 Å². The second-order valence-corrected chi connectivity index (χ2v) is 5.64. The van der Waals surface area contributed by atoms with Crippen molar-refractivity contribution in [1.29, 1.82) is 0 Å². The van der Waals surface area contributed by atoms with Gasteiger partial charge in [0, 0.05) is 20.3 Å². The van der Waals surface area contributed by atoms with Crippen LogP contribution < -0.4 is 18.6 Å². The van der Waals surface area contributed by atoms with Crippen molar-refractivity contribution in [2.75, 3.05) is 28.2 Å². The lowest BCUT2D eigenvalue weighted by Crippen LogP contribution is -2.68. The lowest BCUT2D eigenvalue weighted by Gasteiger charge is -2.17. The molecular weight excluding hydrogens is 296 g/mol. The van der Waals surface area contributed by atoms with Crippen molar-refractivity contribution in [2.24, 2.45) is 0 Å². The molecule has 0 amide bonds. The van der Waals surface area contributed by atoms with Gasteiger partial charge in [-0.15, -0.1) is 10.2 Å². The lowest BCUT2D eigenvalue weighted by molar-refractivity contribution is -2.00. The van der Waals surface area contributed by atoms with E-state index in [9.17, 15) is 0 Å². The van der Waals surface area contributed by atoms with Gasteiger partial charge in [-0.1, -0.05) is 29.8 Å². The largest absolute Gasteiger partial charge is 0.383 e. The highest BCUT2D eigenvalue weighted by molar-refractivity contribution is 6.07. The molecule has 0 aliphatic heterocycles. The van der Waals surface area contributed by atoms with Crippen LogP contribution in [0, 0.1) is 17.2 Å². The Kier molecular flexibility index (Phi) is 8.16. The van der Waals surface area contributed by atoms with E-state index < -0.39 is 10.2 Å². The highest BCUT2D eigenvalue weighted by atomic mass is 35.7. The summed E-state index contributed by atoms with van der Waals surface area (Å²) in [5.41, 5.74) is 3.76. The maximum atomic E-state index is 8.49. The molecule has 1 aromatic rings. The molecule has 0 saturated heterocycles. The van der Waals surface area contributed by atoms with Gasteiger partial charge in [-0.3, -0.25) is 0 Å². The molecule has 6 nitrogen and oxygen atoms in total. The van der Waals surface area contributed by atoms with E-state index in [0.29, 0.717) is 0 Å². The average molecular weight is 317 g/mol. The number of benzene rings is 1. The normalized spacial score (nSPS) is 11.4. The average Bonchev–Trinajstić information content (AvgIpc) is 2.24. The first-order valence-corrected chi connectivity index (χ1v) is 7.31. The number of aryl methyl sites for hydroxylation is 1. The third kappa shape index (κ3) is 12.0. The zero-order chi connectivity index (χ0) is 16.6. The maximum absolute atomic E-state index is 8.49. The second kappa shape index (κ2) is 8.76. The molecule has 0 fully saturated rings. The van der Waals surface area contributed by atoms with E-state index in [4.69, 9.17) is 18.6 Å². The van der Waals surface area contributed by atoms with Crippen LogP contribution in [0.2, 0.25) is 0 Å². The standard InChI is InChI=1S/C14H21N2.ClHO4/c1-12-7-6-8-13(9-12)14(10-15(2)3)11-16(4)5;2-1(3,4)5/h6-11H,1-5H3;(H,2,3,4,5)/q+1;/p-1. The highest BCUT2D eigenvalue weighted by Crippen LogP contribution is 2.14. The Bertz CT molecular complexity index is 498. The molecule has 0 saturated carbocycles. The Labute approximate surface area is 127 Å². The predicted octanol–water partition coefficient (Wildman–Crippen LogP) is -2.52. The number of hydrogen-bond acceptors (Lipinski definition) is 5. The lowest BCUT2D eigenvalue weighted by atomic mass is 10.1. The molecule has 0 N–H and O–H groups in total. The summed E-state index contributed by atoms with van der Waals surface area (Å²) in [4.78, 5) is 2.07. The van der Waals surface area contributed by atoms with Crippen molar-refractivity contribution in [2.45, 2.75) is 6.92 Å². The van der Waals surface area contributed by atoms with Crippen LogP contribution in [0.5, 0.6) is 0 Å². The SMILES string of the molecule is Cc1cccc(/C(C=[N+](C)C)=C/N(C)C)c1.[O-][Cl+3]([O-])([O-])[O-]. The van der Waals surface area contributed by atoms with Gasteiger partial charge in [0.1, 0.15) is 14.1 Å². The molecule has 0 spiro atoms. The first-order chi connectivity index (χ1) is 9.49. The number of halogens is 1. The minimum atomic E-state index is -4.94. The molecular formula is C14H21ClN2O4. The number of allylic oxidation sites excluding steroid dienone is 1. The molecule has 0 heterocycles. The van der Waals surface area contributed by atoms with Crippen LogP contribution in [0.25, 0.3) is 5.57 Å². The summed E-state index contributed by atoms with van der Waals surface area (Å²) in [7, 11) is 3.22. The van der Waals surface area contributed by atoms with Crippen LogP contribution in [0.3, 0.4) is 0 Å². The van der Waals surface area contributed by atoms with Gasteiger partial charge in [0.2, 0.25) is 0 Å². The first-order valence-electron chi connectivity index (χ1n) is 6.07. The molecule has 118 valence electrons. The maximum Gasteiger partial charge on any atom is 0.172 e. The van der Waals surface area contributed by atoms with Crippen LogP contribution in [-0.2, 0) is 0 Å². The van der Waals surface area contributed by atoms with Gasteiger partial charge in [0.25, 0.3) is 0 Å². The molecule has 1 aromatic carbocycles. The molecule has 0 bridgehead atoms. The molecule has 0 atom stereocenters. The zero-order valence-corrected chi connectivity index (χ0v) is 13.6. The fourth-order valence-corrected chi connectivity index (χ4v) is 1.56. The minimum absolute atomic E-state index is 1.22. The molecule has 1 rings (SSSR count). The smallest absolute Gasteiger partial charge is 0.172 e. The molecule has 0 unspecified atom stereocenters. The van der Waals surface area contributed by atoms with Crippen molar-refractivity contribution >= 4 is 11.8 Å². The predicted molar refractivity (Wildman–Crippen MR) is 71.0 cm³/mol. The van der Waals surface area contributed by atoms with E-state index in [-0.39, 0.29) is 0 Å². The van der Waals surface area contributed by atoms with E-state index in [1.54, 1.807) is 0 Å². The number of rotatable bonds is 3. The van der Waals surface area contributed by atoms with Crippen LogP contribution >= 0.6 is 0 Å². The molecule has 0 aromatic heterocycles. The van der Waals surface area contributed by atoms with Crippen molar-refractivity contribution in [3.05, 3.63) is 41.6 Å². The first kappa shape index (κ1) is 19.6. The minimum Gasteiger partial charge on any atom is -0.383 e. The van der Waals surface area contributed by atoms with Crippen LogP contribution in [0.1, 0.15) is 11.1 Å². The van der Waals surface area contributed by atoms with Gasteiger partial charge in [0.05, 0.1) is 5.57 Å². The Morgan fingerprint density at radius 1 is 1.14 bits per heavy atom. The third-order valence-electron chi connectivity index (χ3n) is 2.15. The van der Waals surface area contributed by atoms with Crippen molar-refractivity contribution in [1.82, 2.24) is 4.90 Å². The Morgan fingerprint density at radius 2 is 1.67 bits per heavy atom. The van der Waals surface area contributed by atoms with Crippen molar-refractivity contribution < 1.29 is 33.5 Å². The summed E-state index contributed by atoms with van der Waals surface area (Å²) >= 11 is 0. The fourth-order valence-electron chi connectivity index (χ4n) is 1.56. The Balaban J connectivity index is 0.000000690. The number of hydrogen-bond donors (Lipinski definition) is 0. The van der Waals surface area contributed by atoms with E-state index >= 15 is 0 Å². The van der Waals surface area contributed by atoms with E-state index in [1.807, 2.05) is 28.2 Å². The summed E-state index contributed by atoms with van der Waals surface area (Å²) in [5.74, 6) is 0. The van der Waals surface area contributed by atoms with E-state index in [1.165, 1.54) is 16.7 Å². The van der Waals surface area contributed by atoms with Crippen LogP contribution in [0.15, 0.2) is 30.5 Å². The van der Waals surface area contributed by atoms with Gasteiger partial charge in [-0.2, -0.15) is 0 Å². The van der Waals surface area contributed by atoms with Crippen LogP contribution in [0.4, 0.5) is 0 Å². The van der Waals surface area contributed by atoms with Gasteiger partial charge >= 0.3 is 0 Å². The molecule has 21 heavy (non-hydrogen) atoms. The summed E-state index contributed by atoms with van der Waals surface area (Å²) < 4.78 is 36.0. The second-order valence-electron chi connectivity index (χ2n) is 4.89. The zero-order valence-electron chi connectivity index (χ0n) is 12.9. The number of nitrogens with zero attached hydrogens (tertiary/aromatic N) is 2. The molecule has 0 aliphatic rings. The van der Waals surface area contributed by atoms with E-state index in [0.717, 1.165) is 0 Å². The summed E-state index contributed by atoms with van der Waals surface area (Å²) in [6, 6.07) is 8.56. The Morgan fingerprint density at radius 3 is 2.05 bits per heavy atom.